The van der Waals surface area contributed by atoms with Crippen molar-refractivity contribution in [3.05, 3.63) is 12.2 Å². The van der Waals surface area contributed by atoms with Gasteiger partial charge < -0.3 is 4.90 Å². The monoisotopic (exact) mass is 269 g/mol. The maximum absolute atomic E-state index is 11.7. The van der Waals surface area contributed by atoms with Crippen molar-refractivity contribution >= 4 is 9.84 Å². The molecule has 0 unspecified atom stereocenters. The minimum absolute atomic E-state index is 0.125. The van der Waals surface area contributed by atoms with Crippen LogP contribution in [-0.4, -0.2) is 44.5 Å². The second-order valence-corrected chi connectivity index (χ2v) is 8.72. The first-order valence-corrected chi connectivity index (χ1v) is 9.07. The van der Waals surface area contributed by atoms with Crippen molar-refractivity contribution in [3.8, 4) is 0 Å². The number of piperidine rings is 1. The molecule has 2 fully saturated rings. The summed E-state index contributed by atoms with van der Waals surface area (Å²) >= 11 is 0. The summed E-state index contributed by atoms with van der Waals surface area (Å²) in [5.74, 6) is 2.36. The molecule has 0 N–H and O–H groups in total. The lowest BCUT2D eigenvalue weighted by atomic mass is 9.92. The van der Waals surface area contributed by atoms with Crippen LogP contribution in [0.3, 0.4) is 0 Å². The van der Waals surface area contributed by atoms with E-state index in [2.05, 4.69) is 17.1 Å². The third-order valence-electron chi connectivity index (χ3n) is 4.98. The highest BCUT2D eigenvalue weighted by atomic mass is 32.2. The van der Waals surface area contributed by atoms with Gasteiger partial charge in [0, 0.05) is 19.3 Å². The molecule has 0 aromatic rings. The van der Waals surface area contributed by atoms with Crippen LogP contribution in [0.4, 0.5) is 0 Å². The highest BCUT2D eigenvalue weighted by Crippen LogP contribution is 2.43. The molecule has 0 aromatic carbocycles. The van der Waals surface area contributed by atoms with Crippen molar-refractivity contribution in [2.24, 2.45) is 17.8 Å². The van der Waals surface area contributed by atoms with Crippen LogP contribution in [0.15, 0.2) is 12.2 Å². The number of nitrogens with zero attached hydrogens (tertiary/aromatic N) is 1. The number of sulfone groups is 1. The maximum atomic E-state index is 11.7. The average Bonchev–Trinajstić information content (AvgIpc) is 2.90. The fraction of sp³-hybridized carbons (Fsp3) is 0.857. The predicted octanol–water partition coefficient (Wildman–Crippen LogP) is 1.71. The Morgan fingerprint density at radius 2 is 2.11 bits per heavy atom. The molecule has 2 aliphatic carbocycles. The molecule has 1 aliphatic heterocycles. The molecule has 3 nitrogen and oxygen atoms in total. The van der Waals surface area contributed by atoms with Crippen LogP contribution in [0.1, 0.15) is 25.7 Å². The van der Waals surface area contributed by atoms with Gasteiger partial charge >= 0.3 is 0 Å². The fourth-order valence-electron chi connectivity index (χ4n) is 3.96. The van der Waals surface area contributed by atoms with Crippen molar-refractivity contribution < 1.29 is 8.42 Å². The van der Waals surface area contributed by atoms with Crippen LogP contribution in [-0.2, 0) is 9.84 Å². The molecule has 0 amide bonds. The summed E-state index contributed by atoms with van der Waals surface area (Å²) in [6.45, 7) is 2.96. The maximum Gasteiger partial charge on any atom is 0.151 e. The van der Waals surface area contributed by atoms with Gasteiger partial charge in [0.25, 0.3) is 0 Å². The number of rotatable bonds is 3. The van der Waals surface area contributed by atoms with Crippen LogP contribution in [0.2, 0.25) is 0 Å². The van der Waals surface area contributed by atoms with Crippen molar-refractivity contribution in [2.45, 2.75) is 30.9 Å². The lowest BCUT2D eigenvalue weighted by Gasteiger charge is -2.34. The highest BCUT2D eigenvalue weighted by Gasteiger charge is 2.37. The smallest absolute Gasteiger partial charge is 0.151 e. The second-order valence-electron chi connectivity index (χ2n) is 6.39. The predicted molar refractivity (Wildman–Crippen MR) is 73.1 cm³/mol. The molecule has 2 bridgehead atoms. The summed E-state index contributed by atoms with van der Waals surface area (Å²) in [6, 6.07) is 0. The van der Waals surface area contributed by atoms with E-state index in [9.17, 15) is 8.42 Å². The third kappa shape index (κ3) is 2.50. The molecule has 18 heavy (non-hydrogen) atoms. The molecule has 4 atom stereocenters. The van der Waals surface area contributed by atoms with Crippen molar-refractivity contribution in [3.63, 3.8) is 0 Å². The Morgan fingerprint density at radius 3 is 2.72 bits per heavy atom. The lowest BCUT2D eigenvalue weighted by Crippen LogP contribution is -2.44. The summed E-state index contributed by atoms with van der Waals surface area (Å²) < 4.78 is 23.3. The first kappa shape index (κ1) is 12.7. The fourth-order valence-corrected chi connectivity index (χ4v) is 5.04. The minimum Gasteiger partial charge on any atom is -0.302 e. The van der Waals surface area contributed by atoms with Crippen molar-refractivity contribution in [2.75, 3.05) is 25.9 Å². The minimum atomic E-state index is -2.86. The Bertz CT molecular complexity index is 443. The van der Waals surface area contributed by atoms with E-state index in [1.165, 1.54) is 19.1 Å². The van der Waals surface area contributed by atoms with E-state index in [0.29, 0.717) is 0 Å². The summed E-state index contributed by atoms with van der Waals surface area (Å²) in [5, 5.41) is -0.125. The number of hydrogen-bond donors (Lipinski definition) is 0. The number of fused-ring (bicyclic) bond motifs is 2. The Hall–Kier alpha value is -0.350. The summed E-state index contributed by atoms with van der Waals surface area (Å²) in [4.78, 5) is 2.40. The van der Waals surface area contributed by atoms with Crippen molar-refractivity contribution in [1.82, 2.24) is 4.90 Å². The van der Waals surface area contributed by atoms with E-state index >= 15 is 0 Å². The zero-order valence-corrected chi connectivity index (χ0v) is 11.9. The topological polar surface area (TPSA) is 37.4 Å². The van der Waals surface area contributed by atoms with Crippen molar-refractivity contribution in [1.29, 1.82) is 0 Å². The van der Waals surface area contributed by atoms with Gasteiger partial charge in [-0.25, -0.2) is 8.42 Å². The van der Waals surface area contributed by atoms with Crippen LogP contribution in [0.5, 0.6) is 0 Å². The Labute approximate surface area is 110 Å². The van der Waals surface area contributed by atoms with E-state index in [1.807, 2.05) is 0 Å². The van der Waals surface area contributed by atoms with Gasteiger partial charge in [-0.15, -0.1) is 0 Å². The molecule has 1 heterocycles. The van der Waals surface area contributed by atoms with Gasteiger partial charge in [-0.3, -0.25) is 0 Å². The Balaban J connectivity index is 1.59. The van der Waals surface area contributed by atoms with Gasteiger partial charge in [-0.05, 0) is 50.0 Å². The van der Waals surface area contributed by atoms with Gasteiger partial charge in [0.15, 0.2) is 9.84 Å². The first-order valence-electron chi connectivity index (χ1n) is 7.12. The van der Waals surface area contributed by atoms with Gasteiger partial charge in [0.05, 0.1) is 5.25 Å². The van der Waals surface area contributed by atoms with Crippen LogP contribution < -0.4 is 0 Å². The largest absolute Gasteiger partial charge is 0.302 e. The lowest BCUT2D eigenvalue weighted by molar-refractivity contribution is 0.185. The van der Waals surface area contributed by atoms with Gasteiger partial charge in [-0.1, -0.05) is 12.2 Å². The van der Waals surface area contributed by atoms with Crippen LogP contribution in [0, 0.1) is 17.8 Å². The third-order valence-corrected chi connectivity index (χ3v) is 6.57. The zero-order chi connectivity index (χ0) is 12.8. The molecular weight excluding hydrogens is 246 g/mol. The van der Waals surface area contributed by atoms with Gasteiger partial charge in [0.1, 0.15) is 0 Å². The van der Waals surface area contributed by atoms with Crippen LogP contribution in [0.25, 0.3) is 0 Å². The van der Waals surface area contributed by atoms with Crippen LogP contribution >= 0.6 is 0 Å². The summed E-state index contributed by atoms with van der Waals surface area (Å²) in [5.41, 5.74) is 0. The summed E-state index contributed by atoms with van der Waals surface area (Å²) in [7, 11) is -2.86. The molecule has 3 rings (SSSR count). The second kappa shape index (κ2) is 4.64. The molecule has 0 aromatic heterocycles. The Morgan fingerprint density at radius 1 is 1.28 bits per heavy atom. The zero-order valence-electron chi connectivity index (χ0n) is 11.1. The normalized spacial score (nSPS) is 40.5. The first-order chi connectivity index (χ1) is 8.52. The highest BCUT2D eigenvalue weighted by molar-refractivity contribution is 7.91. The van der Waals surface area contributed by atoms with E-state index in [1.54, 1.807) is 0 Å². The molecule has 1 saturated carbocycles. The standard InChI is InChI=1S/C14H23NO2S/c1-18(16,17)14-3-2-6-15(10-14)9-13-8-11-4-5-12(13)7-11/h4-5,11-14H,2-3,6-10H2,1H3/t11-,12-,13+,14+/m0/s1. The molecule has 102 valence electrons. The van der Waals surface area contributed by atoms with E-state index in [0.717, 1.165) is 50.2 Å². The van der Waals surface area contributed by atoms with E-state index in [-0.39, 0.29) is 5.25 Å². The molecule has 0 spiro atoms. The Kier molecular flexibility index (Phi) is 3.27. The molecular formula is C14H23NO2S. The van der Waals surface area contributed by atoms with Gasteiger partial charge in [0.2, 0.25) is 0 Å². The molecule has 0 radical (unpaired) electrons. The number of likely N-dealkylation sites (tertiary alicyclic amines) is 1. The number of allylic oxidation sites excluding steroid dienone is 2. The average molecular weight is 269 g/mol. The number of hydrogen-bond acceptors (Lipinski definition) is 3. The van der Waals surface area contributed by atoms with Gasteiger partial charge in [-0.2, -0.15) is 0 Å². The molecule has 3 aliphatic rings. The SMILES string of the molecule is CS(=O)(=O)[C@@H]1CCCN(C[C@H]2C[C@H]3C=C[C@H]2C3)C1. The summed E-state index contributed by atoms with van der Waals surface area (Å²) in [6.07, 6.45) is 10.7. The quantitative estimate of drug-likeness (QED) is 0.732. The van der Waals surface area contributed by atoms with E-state index in [4.69, 9.17) is 0 Å². The van der Waals surface area contributed by atoms with E-state index < -0.39 is 9.84 Å². The molecule has 4 heteroatoms. The molecule has 1 saturated heterocycles.